The number of amides is 2. The van der Waals surface area contributed by atoms with Crippen molar-refractivity contribution in [2.75, 3.05) is 26.2 Å². The first kappa shape index (κ1) is 21.2. The molecule has 172 valence electrons. The number of guanidine groups is 1. The van der Waals surface area contributed by atoms with Crippen molar-refractivity contribution in [3.8, 4) is 0 Å². The topological polar surface area (TPSA) is 105 Å². The quantitative estimate of drug-likeness (QED) is 0.283. The van der Waals surface area contributed by atoms with Crippen molar-refractivity contribution in [1.29, 1.82) is 0 Å². The lowest BCUT2D eigenvalue weighted by Gasteiger charge is -2.18. The van der Waals surface area contributed by atoms with Crippen molar-refractivity contribution in [2.24, 2.45) is 28.7 Å². The van der Waals surface area contributed by atoms with E-state index in [0.717, 1.165) is 44.0 Å². The Morgan fingerprint density at radius 3 is 2.62 bits per heavy atom. The van der Waals surface area contributed by atoms with Gasteiger partial charge in [0.1, 0.15) is 11.6 Å². The van der Waals surface area contributed by atoms with Crippen molar-refractivity contribution >= 4 is 17.8 Å². The molecule has 0 radical (unpaired) electrons. The van der Waals surface area contributed by atoms with E-state index in [1.807, 2.05) is 6.92 Å². The van der Waals surface area contributed by atoms with Gasteiger partial charge in [0.2, 0.25) is 11.8 Å². The van der Waals surface area contributed by atoms with Gasteiger partial charge in [-0.2, -0.15) is 0 Å². The molecule has 2 aliphatic heterocycles. The number of nitrogens with one attached hydrogen (secondary N) is 2. The van der Waals surface area contributed by atoms with Crippen molar-refractivity contribution in [1.82, 2.24) is 30.3 Å². The van der Waals surface area contributed by atoms with Crippen LogP contribution in [-0.2, 0) is 29.0 Å². The van der Waals surface area contributed by atoms with Gasteiger partial charge in [-0.25, -0.2) is 0 Å². The van der Waals surface area contributed by atoms with Gasteiger partial charge < -0.3 is 15.2 Å². The molecule has 1 saturated carbocycles. The highest BCUT2D eigenvalue weighted by Gasteiger charge is 2.58. The van der Waals surface area contributed by atoms with Crippen LogP contribution >= 0.6 is 0 Å². The molecule has 1 aromatic rings. The van der Waals surface area contributed by atoms with Gasteiger partial charge in [-0.05, 0) is 38.0 Å². The number of likely N-dealkylation sites (tertiary alicyclic amines) is 1. The fraction of sp³-hybridized carbons (Fsp3) is 0.696. The molecule has 1 aromatic heterocycles. The molecule has 4 unspecified atom stereocenters. The summed E-state index contributed by atoms with van der Waals surface area (Å²) in [6, 6.07) is 0. The van der Waals surface area contributed by atoms with Crippen LogP contribution < -0.4 is 10.6 Å². The van der Waals surface area contributed by atoms with Crippen LogP contribution in [0.25, 0.3) is 0 Å². The third-order valence-electron chi connectivity index (χ3n) is 7.33. The lowest BCUT2D eigenvalue weighted by atomic mass is 9.85. The van der Waals surface area contributed by atoms with E-state index in [4.69, 9.17) is 0 Å². The van der Waals surface area contributed by atoms with Gasteiger partial charge in [-0.15, -0.1) is 10.2 Å². The van der Waals surface area contributed by atoms with Crippen molar-refractivity contribution in [3.05, 3.63) is 23.8 Å². The van der Waals surface area contributed by atoms with Crippen molar-refractivity contribution < 1.29 is 9.59 Å². The van der Waals surface area contributed by atoms with E-state index >= 15 is 0 Å². The summed E-state index contributed by atoms with van der Waals surface area (Å²) in [5.41, 5.74) is 0. The molecule has 0 spiro atoms. The first-order valence-electron chi connectivity index (χ1n) is 12.1. The second-order valence-electron chi connectivity index (χ2n) is 9.26. The summed E-state index contributed by atoms with van der Waals surface area (Å²) in [5, 5.41) is 15.3. The van der Waals surface area contributed by atoms with Gasteiger partial charge in [0, 0.05) is 45.6 Å². The van der Waals surface area contributed by atoms with E-state index < -0.39 is 0 Å². The minimum atomic E-state index is -0.127. The fourth-order valence-electron chi connectivity index (χ4n) is 5.81. The molecule has 4 aliphatic rings. The Morgan fingerprint density at radius 1 is 1.09 bits per heavy atom. The minimum Gasteiger partial charge on any atom is -0.357 e. The fourth-order valence-corrected chi connectivity index (χ4v) is 5.81. The maximum Gasteiger partial charge on any atom is 0.233 e. The summed E-state index contributed by atoms with van der Waals surface area (Å²) in [5.74, 6) is 3.07. The molecule has 2 fully saturated rings. The molecule has 3 heterocycles. The van der Waals surface area contributed by atoms with E-state index in [1.165, 1.54) is 24.2 Å². The largest absolute Gasteiger partial charge is 0.357 e. The highest BCUT2D eigenvalue weighted by atomic mass is 16.2. The molecule has 9 nitrogen and oxygen atoms in total. The zero-order valence-corrected chi connectivity index (χ0v) is 18.8. The average Bonchev–Trinajstić information content (AvgIpc) is 3.51. The van der Waals surface area contributed by atoms with Gasteiger partial charge in [-0.3, -0.25) is 19.5 Å². The van der Waals surface area contributed by atoms with Crippen LogP contribution in [0.1, 0.15) is 44.3 Å². The number of allylic oxidation sites excluding steroid dienone is 2. The number of rotatable bonds is 7. The van der Waals surface area contributed by atoms with Gasteiger partial charge in [0.25, 0.3) is 0 Å². The van der Waals surface area contributed by atoms with Gasteiger partial charge in [0.05, 0.1) is 11.8 Å². The summed E-state index contributed by atoms with van der Waals surface area (Å²) < 4.78 is 2.26. The molecular formula is C23H33N7O2. The third-order valence-corrected chi connectivity index (χ3v) is 7.33. The van der Waals surface area contributed by atoms with Crippen molar-refractivity contribution in [3.63, 3.8) is 0 Å². The van der Waals surface area contributed by atoms with Crippen LogP contribution in [0.2, 0.25) is 0 Å². The maximum atomic E-state index is 12.8. The Bertz CT molecular complexity index is 907. The molecule has 0 aromatic carbocycles. The van der Waals surface area contributed by atoms with Gasteiger partial charge >= 0.3 is 0 Å². The first-order valence-corrected chi connectivity index (χ1v) is 12.1. The van der Waals surface area contributed by atoms with E-state index in [2.05, 4.69) is 42.5 Å². The number of hydrogen-bond acceptors (Lipinski definition) is 5. The Labute approximate surface area is 188 Å². The number of fused-ring (bicyclic) bond motifs is 6. The molecule has 4 atom stereocenters. The number of carbonyl (C=O) groups is 2. The van der Waals surface area contributed by atoms with Gasteiger partial charge in [0.15, 0.2) is 5.96 Å². The molecule has 5 rings (SSSR count). The number of hydrogen-bond donors (Lipinski definition) is 2. The molecule has 32 heavy (non-hydrogen) atoms. The summed E-state index contributed by atoms with van der Waals surface area (Å²) in [6.45, 7) is 5.24. The minimum absolute atomic E-state index is 0.00749. The van der Waals surface area contributed by atoms with Crippen LogP contribution in [0.4, 0.5) is 0 Å². The number of nitrogens with zero attached hydrogens (tertiary/aromatic N) is 5. The SMILES string of the molecule is CCNC(=NCCc1nnc2n1CCCCC2)NCCN1C(=O)C2C3C=CC(C3)C2C1=O. The highest BCUT2D eigenvalue weighted by Crippen LogP contribution is 2.52. The smallest absolute Gasteiger partial charge is 0.233 e. The molecule has 2 N–H and O–H groups in total. The van der Waals surface area contributed by atoms with Crippen LogP contribution in [0.3, 0.4) is 0 Å². The average molecular weight is 440 g/mol. The summed E-state index contributed by atoms with van der Waals surface area (Å²) in [6.07, 6.45) is 10.6. The number of aromatic nitrogens is 3. The second-order valence-corrected chi connectivity index (χ2v) is 9.26. The lowest BCUT2D eigenvalue weighted by Crippen LogP contribution is -2.43. The number of aliphatic imine (C=N–C) groups is 1. The van der Waals surface area contributed by atoms with Gasteiger partial charge in [-0.1, -0.05) is 18.6 Å². The normalized spacial score (nSPS) is 28.8. The van der Waals surface area contributed by atoms with Crippen LogP contribution in [0.15, 0.2) is 17.1 Å². The van der Waals surface area contributed by atoms with E-state index in [9.17, 15) is 9.59 Å². The predicted molar refractivity (Wildman–Crippen MR) is 120 cm³/mol. The molecule has 2 amide bonds. The standard InChI is InChI=1S/C23H33N7O2/c1-2-24-23(25-10-9-18-28-27-17-6-4-3-5-12-29(17)18)26-11-13-30-21(31)19-15-7-8-16(14-15)20(19)22(30)32/h7-8,15-16,19-20H,2-6,9-14H2,1H3,(H2,24,25,26). The van der Waals surface area contributed by atoms with E-state index in [0.29, 0.717) is 25.6 Å². The number of carbonyl (C=O) groups excluding carboxylic acids is 2. The second kappa shape index (κ2) is 9.03. The Kier molecular flexibility index (Phi) is 5.97. The number of aryl methyl sites for hydroxylation is 1. The Hall–Kier alpha value is -2.71. The van der Waals surface area contributed by atoms with Crippen LogP contribution in [-0.4, -0.2) is 63.6 Å². The zero-order valence-electron chi connectivity index (χ0n) is 18.8. The molecule has 2 aliphatic carbocycles. The summed E-state index contributed by atoms with van der Waals surface area (Å²) in [7, 11) is 0. The summed E-state index contributed by atoms with van der Waals surface area (Å²) in [4.78, 5) is 31.8. The Morgan fingerprint density at radius 2 is 1.88 bits per heavy atom. The predicted octanol–water partition coefficient (Wildman–Crippen LogP) is 0.909. The maximum absolute atomic E-state index is 12.8. The Balaban J connectivity index is 1.14. The molecular weight excluding hydrogens is 406 g/mol. The molecule has 2 bridgehead atoms. The van der Waals surface area contributed by atoms with Crippen LogP contribution in [0, 0.1) is 23.7 Å². The molecule has 1 saturated heterocycles. The lowest BCUT2D eigenvalue weighted by molar-refractivity contribution is -0.140. The summed E-state index contributed by atoms with van der Waals surface area (Å²) >= 11 is 0. The first-order chi connectivity index (χ1) is 15.7. The van der Waals surface area contributed by atoms with E-state index in [-0.39, 0.29) is 35.5 Å². The third kappa shape index (κ3) is 3.82. The number of imide groups is 1. The van der Waals surface area contributed by atoms with E-state index in [1.54, 1.807) is 0 Å². The van der Waals surface area contributed by atoms with Crippen molar-refractivity contribution in [2.45, 2.75) is 52.0 Å². The zero-order chi connectivity index (χ0) is 22.1. The van der Waals surface area contributed by atoms with Crippen LogP contribution in [0.5, 0.6) is 0 Å². The monoisotopic (exact) mass is 439 g/mol. The molecule has 9 heteroatoms. The highest BCUT2D eigenvalue weighted by molar-refractivity contribution is 6.06.